The van der Waals surface area contributed by atoms with Crippen molar-refractivity contribution in [2.45, 2.75) is 36.4 Å². The second-order valence-electron chi connectivity index (χ2n) is 6.99. The van der Waals surface area contributed by atoms with Crippen LogP contribution >= 0.6 is 11.8 Å². The van der Waals surface area contributed by atoms with Gasteiger partial charge in [0.1, 0.15) is 0 Å². The predicted molar refractivity (Wildman–Crippen MR) is 110 cm³/mol. The molecule has 0 bridgehead atoms. The smallest absolute Gasteiger partial charge is 0.230 e. The summed E-state index contributed by atoms with van der Waals surface area (Å²) in [6.07, 6.45) is 2.96. The van der Waals surface area contributed by atoms with Gasteiger partial charge in [-0.25, -0.2) is 4.68 Å². The molecule has 1 aliphatic carbocycles. The second-order valence-corrected chi connectivity index (χ2v) is 7.94. The van der Waals surface area contributed by atoms with Gasteiger partial charge in [-0.3, -0.25) is 4.79 Å². The number of aromatic nitrogens is 3. The topological polar surface area (TPSA) is 85.8 Å². The third-order valence-corrected chi connectivity index (χ3v) is 5.73. The number of rotatable bonds is 8. The molecule has 144 valence electrons. The van der Waals surface area contributed by atoms with Crippen molar-refractivity contribution in [3.05, 3.63) is 77.6 Å². The molecule has 1 saturated carbocycles. The summed E-state index contributed by atoms with van der Waals surface area (Å²) in [4.78, 5) is 12.6. The fourth-order valence-electron chi connectivity index (χ4n) is 3.16. The van der Waals surface area contributed by atoms with E-state index < -0.39 is 0 Å². The summed E-state index contributed by atoms with van der Waals surface area (Å²) in [6.45, 7) is 0. The zero-order chi connectivity index (χ0) is 19.3. The molecule has 1 atom stereocenters. The molecular weight excluding hydrogens is 370 g/mol. The first kappa shape index (κ1) is 18.6. The fourth-order valence-corrected chi connectivity index (χ4v) is 3.83. The summed E-state index contributed by atoms with van der Waals surface area (Å²) in [5, 5.41) is 12.0. The molecule has 0 spiro atoms. The van der Waals surface area contributed by atoms with E-state index in [1.807, 2.05) is 48.5 Å². The average Bonchev–Trinajstić information content (AvgIpc) is 3.50. The van der Waals surface area contributed by atoms with Crippen LogP contribution in [0.4, 0.5) is 0 Å². The maximum absolute atomic E-state index is 12.6. The SMILES string of the molecule is Nn1c(SCC(=O)NC(Cc2ccccc2)c2ccccc2)nnc1C1CC1. The van der Waals surface area contributed by atoms with Crippen molar-refractivity contribution in [1.82, 2.24) is 20.2 Å². The molecule has 1 unspecified atom stereocenters. The molecule has 7 heteroatoms. The second kappa shape index (κ2) is 8.48. The highest BCUT2D eigenvalue weighted by Crippen LogP contribution is 2.39. The summed E-state index contributed by atoms with van der Waals surface area (Å²) in [5.41, 5.74) is 2.27. The maximum atomic E-state index is 12.6. The number of benzene rings is 2. The number of carbonyl (C=O) groups is 1. The Balaban J connectivity index is 1.40. The van der Waals surface area contributed by atoms with E-state index >= 15 is 0 Å². The summed E-state index contributed by atoms with van der Waals surface area (Å²) < 4.78 is 1.52. The minimum atomic E-state index is -0.0885. The van der Waals surface area contributed by atoms with Crippen LogP contribution in [0.15, 0.2) is 65.8 Å². The summed E-state index contributed by atoms with van der Waals surface area (Å²) >= 11 is 1.32. The lowest BCUT2D eigenvalue weighted by Crippen LogP contribution is -2.31. The number of hydrogen-bond acceptors (Lipinski definition) is 5. The largest absolute Gasteiger partial charge is 0.348 e. The Kier molecular flexibility index (Phi) is 5.62. The molecule has 4 rings (SSSR count). The highest BCUT2D eigenvalue weighted by Gasteiger charge is 2.30. The minimum absolute atomic E-state index is 0.0502. The third-order valence-electron chi connectivity index (χ3n) is 4.79. The van der Waals surface area contributed by atoms with Crippen molar-refractivity contribution >= 4 is 17.7 Å². The number of nitrogen functional groups attached to an aromatic ring is 1. The van der Waals surface area contributed by atoms with Gasteiger partial charge in [-0.1, -0.05) is 72.4 Å². The molecule has 3 N–H and O–H groups in total. The molecule has 1 heterocycles. The normalized spacial score (nSPS) is 14.6. The number of nitrogens with two attached hydrogens (primary N) is 1. The Labute approximate surface area is 168 Å². The van der Waals surface area contributed by atoms with Crippen LogP contribution in [0.5, 0.6) is 0 Å². The number of amides is 1. The highest BCUT2D eigenvalue weighted by atomic mass is 32.2. The molecule has 2 aromatic carbocycles. The van der Waals surface area contributed by atoms with Crippen LogP contribution in [0, 0.1) is 0 Å². The van der Waals surface area contributed by atoms with E-state index in [4.69, 9.17) is 5.84 Å². The Morgan fingerprint density at radius 1 is 1.11 bits per heavy atom. The Bertz CT molecular complexity index is 924. The van der Waals surface area contributed by atoms with E-state index in [9.17, 15) is 4.79 Å². The number of carbonyl (C=O) groups excluding carboxylic acids is 1. The van der Waals surface area contributed by atoms with Gasteiger partial charge in [0.15, 0.2) is 5.82 Å². The van der Waals surface area contributed by atoms with Gasteiger partial charge in [-0.2, -0.15) is 0 Å². The van der Waals surface area contributed by atoms with Crippen LogP contribution in [-0.4, -0.2) is 26.5 Å². The van der Waals surface area contributed by atoms with Crippen LogP contribution in [0.3, 0.4) is 0 Å². The van der Waals surface area contributed by atoms with E-state index in [0.29, 0.717) is 11.1 Å². The van der Waals surface area contributed by atoms with Crippen molar-refractivity contribution in [2.24, 2.45) is 0 Å². The lowest BCUT2D eigenvalue weighted by Gasteiger charge is -2.19. The van der Waals surface area contributed by atoms with Crippen LogP contribution in [0.25, 0.3) is 0 Å². The van der Waals surface area contributed by atoms with Gasteiger partial charge in [0.05, 0.1) is 11.8 Å². The maximum Gasteiger partial charge on any atom is 0.230 e. The predicted octanol–water partition coefficient (Wildman–Crippen LogP) is 3.06. The first-order valence-electron chi connectivity index (χ1n) is 9.42. The van der Waals surface area contributed by atoms with E-state index in [-0.39, 0.29) is 17.7 Å². The van der Waals surface area contributed by atoms with Gasteiger partial charge in [0.25, 0.3) is 0 Å². The van der Waals surface area contributed by atoms with Gasteiger partial charge in [0.2, 0.25) is 11.1 Å². The van der Waals surface area contributed by atoms with Gasteiger partial charge in [-0.05, 0) is 30.4 Å². The fraction of sp³-hybridized carbons (Fsp3) is 0.286. The molecule has 6 nitrogen and oxygen atoms in total. The highest BCUT2D eigenvalue weighted by molar-refractivity contribution is 7.99. The quantitative estimate of drug-likeness (QED) is 0.454. The summed E-state index contributed by atoms with van der Waals surface area (Å²) in [7, 11) is 0. The first-order chi connectivity index (χ1) is 13.7. The van der Waals surface area contributed by atoms with Crippen LogP contribution in [-0.2, 0) is 11.2 Å². The number of hydrogen-bond donors (Lipinski definition) is 2. The number of nitrogens with zero attached hydrogens (tertiary/aromatic N) is 3. The molecule has 1 aromatic heterocycles. The minimum Gasteiger partial charge on any atom is -0.348 e. The molecule has 1 fully saturated rings. The third kappa shape index (κ3) is 4.54. The number of nitrogens with one attached hydrogen (secondary N) is 1. The molecule has 28 heavy (non-hydrogen) atoms. The molecule has 1 aliphatic rings. The standard InChI is InChI=1S/C21H23N5OS/c22-26-20(17-11-12-17)24-25-21(26)28-14-19(27)23-18(16-9-5-2-6-10-16)13-15-7-3-1-4-8-15/h1-10,17-18H,11-14,22H2,(H,23,27). The van der Waals surface area contributed by atoms with Gasteiger partial charge in [-0.15, -0.1) is 10.2 Å². The van der Waals surface area contributed by atoms with Gasteiger partial charge < -0.3 is 11.2 Å². The number of thioether (sulfide) groups is 1. The summed E-state index contributed by atoms with van der Waals surface area (Å²) in [6, 6.07) is 20.1. The van der Waals surface area contributed by atoms with E-state index in [1.165, 1.54) is 22.0 Å². The molecule has 0 aliphatic heterocycles. The molecule has 3 aromatic rings. The molecule has 0 radical (unpaired) electrons. The van der Waals surface area contributed by atoms with Crippen molar-refractivity contribution in [1.29, 1.82) is 0 Å². The van der Waals surface area contributed by atoms with Crippen molar-refractivity contribution in [2.75, 3.05) is 11.6 Å². The van der Waals surface area contributed by atoms with Crippen LogP contribution in [0.1, 0.15) is 41.8 Å². The summed E-state index contributed by atoms with van der Waals surface area (Å²) in [5.74, 6) is 7.50. The van der Waals surface area contributed by atoms with E-state index in [1.54, 1.807) is 0 Å². The van der Waals surface area contributed by atoms with Crippen molar-refractivity contribution in [3.63, 3.8) is 0 Å². The zero-order valence-electron chi connectivity index (χ0n) is 15.5. The Hall–Kier alpha value is -2.80. The van der Waals surface area contributed by atoms with Crippen LogP contribution < -0.4 is 11.2 Å². The van der Waals surface area contributed by atoms with Crippen molar-refractivity contribution < 1.29 is 4.79 Å². The van der Waals surface area contributed by atoms with Gasteiger partial charge >= 0.3 is 0 Å². The van der Waals surface area contributed by atoms with Gasteiger partial charge in [0, 0.05) is 5.92 Å². The monoisotopic (exact) mass is 393 g/mol. The lowest BCUT2D eigenvalue weighted by atomic mass is 9.99. The first-order valence-corrected chi connectivity index (χ1v) is 10.4. The lowest BCUT2D eigenvalue weighted by molar-refractivity contribution is -0.119. The Morgan fingerprint density at radius 2 is 1.79 bits per heavy atom. The van der Waals surface area contributed by atoms with Crippen molar-refractivity contribution in [3.8, 4) is 0 Å². The molecule has 1 amide bonds. The molecular formula is C21H23N5OS. The van der Waals surface area contributed by atoms with Crippen LogP contribution in [0.2, 0.25) is 0 Å². The van der Waals surface area contributed by atoms with E-state index in [0.717, 1.165) is 30.7 Å². The van der Waals surface area contributed by atoms with E-state index in [2.05, 4.69) is 27.6 Å². The average molecular weight is 394 g/mol. The molecule has 0 saturated heterocycles. The zero-order valence-corrected chi connectivity index (χ0v) is 16.3. The Morgan fingerprint density at radius 3 is 2.46 bits per heavy atom.